The summed E-state index contributed by atoms with van der Waals surface area (Å²) in [4.78, 5) is 3.85. The number of nitrogens with zero attached hydrogens (tertiary/aromatic N) is 1. The second-order valence-corrected chi connectivity index (χ2v) is 0.989. The number of nitrogens with one attached hydrogen (secondary N) is 1. The van der Waals surface area contributed by atoms with Crippen LogP contribution in [0.2, 0.25) is 0 Å². The third-order valence-electron chi connectivity index (χ3n) is 0.568. The average molecular weight is 116 g/mol. The Morgan fingerprint density at radius 2 is 2.14 bits per heavy atom. The molecule has 0 aromatic heterocycles. The molecule has 1 heterocycles. The minimum atomic E-state index is 0. The average Bonchev–Trinajstić information content (AvgIpc) is 1.76. The molecule has 0 aromatic rings. The predicted octanol–water partition coefficient (Wildman–Crippen LogP) is -1.14. The summed E-state index contributed by atoms with van der Waals surface area (Å²) in [5, 5.41) is 2.93. The van der Waals surface area contributed by atoms with Gasteiger partial charge in [-0.15, -0.1) is 0 Å². The van der Waals surface area contributed by atoms with Gasteiger partial charge in [-0.25, -0.2) is 0 Å². The third kappa shape index (κ3) is 5.34. The Morgan fingerprint density at radius 3 is 2.29 bits per heavy atom. The number of aliphatic imine (C=N–C) groups is 1. The maximum Gasteiger partial charge on any atom is 0.0825 e. The van der Waals surface area contributed by atoms with Gasteiger partial charge in [-0.05, 0) is 0 Å². The first kappa shape index (κ1) is 11.3. The van der Waals surface area contributed by atoms with Crippen molar-refractivity contribution >= 4 is 65.5 Å². The van der Waals surface area contributed by atoms with Gasteiger partial charge in [0, 0.05) is 65.7 Å². The van der Waals surface area contributed by atoms with E-state index in [1.807, 2.05) is 0 Å². The van der Waals surface area contributed by atoms with Crippen LogP contribution in [0.15, 0.2) is 4.99 Å². The molecule has 0 amide bonds. The second kappa shape index (κ2) is 7.47. The quantitative estimate of drug-likeness (QED) is 0.397. The van der Waals surface area contributed by atoms with Crippen molar-refractivity contribution in [1.82, 2.24) is 5.32 Å². The van der Waals surface area contributed by atoms with E-state index in [0.717, 1.165) is 13.1 Å². The molecule has 0 unspecified atom stereocenters. The summed E-state index contributed by atoms with van der Waals surface area (Å²) in [6.07, 6.45) is 1.74. The molecule has 1 aliphatic rings. The minimum absolute atomic E-state index is 0. The summed E-state index contributed by atoms with van der Waals surface area (Å²) < 4.78 is 0. The van der Waals surface area contributed by atoms with Gasteiger partial charge in [0.15, 0.2) is 0 Å². The molecule has 7 heavy (non-hydrogen) atoms. The monoisotopic (exact) mass is 116 g/mol. The van der Waals surface area contributed by atoms with Crippen LogP contribution in [-0.4, -0.2) is 78.5 Å². The molecular formula is C3H6N2Na2. The van der Waals surface area contributed by atoms with Crippen molar-refractivity contribution in [1.29, 1.82) is 0 Å². The molecule has 1 aliphatic heterocycles. The summed E-state index contributed by atoms with van der Waals surface area (Å²) >= 11 is 0. The van der Waals surface area contributed by atoms with Crippen LogP contribution in [0.1, 0.15) is 0 Å². The fourth-order valence-corrected chi connectivity index (χ4v) is 0.323. The SMILES string of the molecule is C1=NCCN1.[Na].[Na]. The molecule has 0 bridgehead atoms. The topological polar surface area (TPSA) is 24.4 Å². The van der Waals surface area contributed by atoms with Gasteiger partial charge in [0.2, 0.25) is 0 Å². The van der Waals surface area contributed by atoms with Gasteiger partial charge >= 0.3 is 0 Å². The molecule has 1 N–H and O–H groups in total. The molecule has 1 rings (SSSR count). The zero-order chi connectivity index (χ0) is 3.54. The molecule has 4 heteroatoms. The van der Waals surface area contributed by atoms with E-state index in [1.165, 1.54) is 0 Å². The van der Waals surface area contributed by atoms with Crippen LogP contribution in [0.3, 0.4) is 0 Å². The molecular weight excluding hydrogens is 110 g/mol. The summed E-state index contributed by atoms with van der Waals surface area (Å²) in [5.41, 5.74) is 0. The smallest absolute Gasteiger partial charge is 0.0825 e. The molecule has 2 nitrogen and oxygen atoms in total. The Balaban J connectivity index is 0. The first-order valence-electron chi connectivity index (χ1n) is 1.72. The van der Waals surface area contributed by atoms with Gasteiger partial charge in [-0.1, -0.05) is 0 Å². The third-order valence-corrected chi connectivity index (χ3v) is 0.568. The van der Waals surface area contributed by atoms with Crippen LogP contribution in [-0.2, 0) is 0 Å². The molecule has 0 saturated carbocycles. The molecule has 30 valence electrons. The van der Waals surface area contributed by atoms with Crippen LogP contribution in [0, 0.1) is 0 Å². The molecule has 0 spiro atoms. The first-order chi connectivity index (χ1) is 2.50. The minimum Gasteiger partial charge on any atom is -0.375 e. The normalized spacial score (nSPS) is 13.7. The predicted molar refractivity (Wildman–Crippen MR) is 32.9 cm³/mol. The van der Waals surface area contributed by atoms with Crippen LogP contribution in [0.25, 0.3) is 0 Å². The molecule has 0 saturated heterocycles. The van der Waals surface area contributed by atoms with Crippen molar-refractivity contribution in [2.75, 3.05) is 13.1 Å². The van der Waals surface area contributed by atoms with Gasteiger partial charge in [-0.2, -0.15) is 0 Å². The summed E-state index contributed by atoms with van der Waals surface area (Å²) in [5.74, 6) is 0. The zero-order valence-corrected chi connectivity index (χ0v) is 8.94. The summed E-state index contributed by atoms with van der Waals surface area (Å²) in [6.45, 7) is 1.99. The van der Waals surface area contributed by atoms with Crippen LogP contribution < -0.4 is 5.32 Å². The van der Waals surface area contributed by atoms with Gasteiger partial charge < -0.3 is 5.32 Å². The van der Waals surface area contributed by atoms with Crippen molar-refractivity contribution in [3.63, 3.8) is 0 Å². The van der Waals surface area contributed by atoms with Gasteiger partial charge in [0.1, 0.15) is 0 Å². The van der Waals surface area contributed by atoms with E-state index < -0.39 is 0 Å². The van der Waals surface area contributed by atoms with Crippen molar-refractivity contribution in [2.24, 2.45) is 4.99 Å². The van der Waals surface area contributed by atoms with E-state index in [2.05, 4.69) is 10.3 Å². The largest absolute Gasteiger partial charge is 0.375 e. The van der Waals surface area contributed by atoms with E-state index in [0.29, 0.717) is 0 Å². The maximum atomic E-state index is 3.85. The van der Waals surface area contributed by atoms with Crippen molar-refractivity contribution in [2.45, 2.75) is 0 Å². The fourth-order valence-electron chi connectivity index (χ4n) is 0.323. The molecule has 0 atom stereocenters. The van der Waals surface area contributed by atoms with E-state index in [9.17, 15) is 0 Å². The Morgan fingerprint density at radius 1 is 1.43 bits per heavy atom. The Labute approximate surface area is 87.7 Å². The number of hydrogen-bond acceptors (Lipinski definition) is 2. The van der Waals surface area contributed by atoms with Crippen LogP contribution >= 0.6 is 0 Å². The molecule has 0 aliphatic carbocycles. The summed E-state index contributed by atoms with van der Waals surface area (Å²) in [7, 11) is 0. The van der Waals surface area contributed by atoms with Gasteiger partial charge in [-0.3, -0.25) is 4.99 Å². The zero-order valence-electron chi connectivity index (χ0n) is 4.94. The Bertz CT molecular complexity index is 48.9. The van der Waals surface area contributed by atoms with E-state index in [-0.39, 0.29) is 59.1 Å². The molecule has 0 fully saturated rings. The van der Waals surface area contributed by atoms with E-state index >= 15 is 0 Å². The summed E-state index contributed by atoms with van der Waals surface area (Å²) in [6, 6.07) is 0. The van der Waals surface area contributed by atoms with Gasteiger partial charge in [0.05, 0.1) is 12.9 Å². The Hall–Kier alpha value is 1.47. The van der Waals surface area contributed by atoms with Crippen molar-refractivity contribution in [3.8, 4) is 0 Å². The molecule has 0 aromatic carbocycles. The standard InChI is InChI=1S/C3H6N2.2Na/c1-2-5-3-4-1;;/h3H,1-2H2,(H,4,5);;. The van der Waals surface area contributed by atoms with Crippen LogP contribution in [0.5, 0.6) is 0 Å². The van der Waals surface area contributed by atoms with E-state index in [4.69, 9.17) is 0 Å². The Kier molecular flexibility index (Phi) is 12.0. The number of rotatable bonds is 0. The number of hydrogen-bond donors (Lipinski definition) is 1. The molecule has 2 radical (unpaired) electrons. The van der Waals surface area contributed by atoms with E-state index in [1.54, 1.807) is 6.34 Å². The van der Waals surface area contributed by atoms with Crippen molar-refractivity contribution in [3.05, 3.63) is 0 Å². The fraction of sp³-hybridized carbons (Fsp3) is 0.667. The van der Waals surface area contributed by atoms with Gasteiger partial charge in [0.25, 0.3) is 0 Å². The maximum absolute atomic E-state index is 3.85. The van der Waals surface area contributed by atoms with Crippen LogP contribution in [0.4, 0.5) is 0 Å². The van der Waals surface area contributed by atoms with Crippen molar-refractivity contribution < 1.29 is 0 Å². The first-order valence-corrected chi connectivity index (χ1v) is 1.72. The second-order valence-electron chi connectivity index (χ2n) is 0.989.